The van der Waals surface area contributed by atoms with Crippen LogP contribution in [0.25, 0.3) is 0 Å². The molecule has 1 aromatic rings. The van der Waals surface area contributed by atoms with Crippen molar-refractivity contribution in [1.29, 1.82) is 0 Å². The number of guanidine groups is 1. The fourth-order valence-corrected chi connectivity index (χ4v) is 2.76. The van der Waals surface area contributed by atoms with Gasteiger partial charge in [0.15, 0.2) is 5.96 Å². The van der Waals surface area contributed by atoms with E-state index in [9.17, 15) is 0 Å². The van der Waals surface area contributed by atoms with Crippen molar-refractivity contribution in [3.05, 3.63) is 29.6 Å². The molecule has 1 heterocycles. The summed E-state index contributed by atoms with van der Waals surface area (Å²) in [5, 5.41) is 6.89. The van der Waals surface area contributed by atoms with Crippen LogP contribution >= 0.6 is 0 Å². The van der Waals surface area contributed by atoms with E-state index in [1.165, 1.54) is 24.1 Å². The zero-order valence-electron chi connectivity index (χ0n) is 16.1. The zero-order chi connectivity index (χ0) is 17.8. The molecular formula is C19H35N5. The Balaban J connectivity index is 2.27. The second-order valence-corrected chi connectivity index (χ2v) is 6.27. The van der Waals surface area contributed by atoms with E-state index >= 15 is 0 Å². The molecule has 0 aliphatic rings. The second kappa shape index (κ2) is 11.8. The highest BCUT2D eigenvalue weighted by atomic mass is 15.2. The molecule has 5 heteroatoms. The minimum Gasteiger partial charge on any atom is -0.356 e. The molecule has 1 aromatic heterocycles. The zero-order valence-corrected chi connectivity index (χ0v) is 16.1. The minimum absolute atomic E-state index is 0.425. The first-order valence-corrected chi connectivity index (χ1v) is 9.19. The normalized spacial score (nSPS) is 13.2. The van der Waals surface area contributed by atoms with Crippen molar-refractivity contribution in [2.75, 3.05) is 33.2 Å². The molecule has 136 valence electrons. The molecule has 0 aromatic carbocycles. The summed E-state index contributed by atoms with van der Waals surface area (Å²) in [6.07, 6.45) is 7.11. The van der Waals surface area contributed by atoms with Crippen LogP contribution in [0.4, 0.5) is 0 Å². The van der Waals surface area contributed by atoms with Crippen molar-refractivity contribution in [2.24, 2.45) is 4.99 Å². The van der Waals surface area contributed by atoms with Gasteiger partial charge in [-0.05, 0) is 69.9 Å². The highest BCUT2D eigenvalue weighted by Crippen LogP contribution is 2.05. The molecule has 5 nitrogen and oxygen atoms in total. The van der Waals surface area contributed by atoms with Crippen LogP contribution in [0.5, 0.6) is 0 Å². The fraction of sp³-hybridized carbons (Fsp3) is 0.684. The Kier molecular flexibility index (Phi) is 10.1. The van der Waals surface area contributed by atoms with E-state index in [1.807, 2.05) is 19.4 Å². The lowest BCUT2D eigenvalue weighted by atomic mass is 10.1. The molecular weight excluding hydrogens is 298 g/mol. The molecule has 0 saturated heterocycles. The first-order valence-electron chi connectivity index (χ1n) is 9.19. The predicted molar refractivity (Wildman–Crippen MR) is 104 cm³/mol. The maximum atomic E-state index is 4.33. The summed E-state index contributed by atoms with van der Waals surface area (Å²) in [7, 11) is 1.83. The Morgan fingerprint density at radius 1 is 1.33 bits per heavy atom. The van der Waals surface area contributed by atoms with Crippen LogP contribution in [0.1, 0.15) is 44.7 Å². The third-order valence-electron chi connectivity index (χ3n) is 4.44. The molecule has 0 radical (unpaired) electrons. The summed E-state index contributed by atoms with van der Waals surface area (Å²) in [6.45, 7) is 13.1. The molecule has 1 atom stereocenters. The summed E-state index contributed by atoms with van der Waals surface area (Å²) in [5.74, 6) is 0.886. The van der Waals surface area contributed by atoms with Crippen LogP contribution in [0.3, 0.4) is 0 Å². The third kappa shape index (κ3) is 7.77. The maximum absolute atomic E-state index is 4.33. The first kappa shape index (κ1) is 20.4. The molecule has 2 N–H and O–H groups in total. The van der Waals surface area contributed by atoms with Crippen LogP contribution in [0.2, 0.25) is 0 Å². The summed E-state index contributed by atoms with van der Waals surface area (Å²) in [4.78, 5) is 10.9. The van der Waals surface area contributed by atoms with Gasteiger partial charge in [-0.15, -0.1) is 0 Å². The van der Waals surface area contributed by atoms with E-state index in [4.69, 9.17) is 0 Å². The van der Waals surface area contributed by atoms with Crippen LogP contribution < -0.4 is 10.6 Å². The number of pyridine rings is 1. The van der Waals surface area contributed by atoms with E-state index in [0.29, 0.717) is 6.04 Å². The lowest BCUT2D eigenvalue weighted by Crippen LogP contribution is -2.43. The quantitative estimate of drug-likeness (QED) is 0.510. The molecule has 0 spiro atoms. The van der Waals surface area contributed by atoms with Gasteiger partial charge in [0.05, 0.1) is 0 Å². The molecule has 0 bridgehead atoms. The standard InChI is InChI=1S/C19H35N5/c1-6-24(7-2)14-8-9-17(4)23-19(20-5)22-13-11-18-10-12-21-15-16(18)3/h10,12,15,17H,6-9,11,13-14H2,1-5H3,(H2,20,22,23). The first-order chi connectivity index (χ1) is 11.6. The SMILES string of the molecule is CCN(CC)CCCC(C)NC(=NC)NCCc1ccncc1C. The maximum Gasteiger partial charge on any atom is 0.191 e. The number of rotatable bonds is 10. The van der Waals surface area contributed by atoms with Gasteiger partial charge in [0, 0.05) is 32.0 Å². The Bertz CT molecular complexity index is 482. The smallest absolute Gasteiger partial charge is 0.191 e. The van der Waals surface area contributed by atoms with Crippen molar-refractivity contribution in [1.82, 2.24) is 20.5 Å². The van der Waals surface area contributed by atoms with Gasteiger partial charge in [-0.1, -0.05) is 13.8 Å². The number of aromatic nitrogens is 1. The van der Waals surface area contributed by atoms with E-state index < -0.39 is 0 Å². The molecule has 24 heavy (non-hydrogen) atoms. The lowest BCUT2D eigenvalue weighted by molar-refractivity contribution is 0.292. The van der Waals surface area contributed by atoms with Crippen molar-refractivity contribution < 1.29 is 0 Å². The van der Waals surface area contributed by atoms with Crippen molar-refractivity contribution >= 4 is 5.96 Å². The highest BCUT2D eigenvalue weighted by molar-refractivity contribution is 5.79. The summed E-state index contributed by atoms with van der Waals surface area (Å²) in [6, 6.07) is 2.51. The average molecular weight is 334 g/mol. The van der Waals surface area contributed by atoms with Gasteiger partial charge in [0.1, 0.15) is 0 Å². The number of aliphatic imine (C=N–C) groups is 1. The second-order valence-electron chi connectivity index (χ2n) is 6.27. The number of aryl methyl sites for hydroxylation is 1. The van der Waals surface area contributed by atoms with Gasteiger partial charge in [0.2, 0.25) is 0 Å². The molecule has 0 fully saturated rings. The molecule has 0 amide bonds. The summed E-state index contributed by atoms with van der Waals surface area (Å²) >= 11 is 0. The van der Waals surface area contributed by atoms with Gasteiger partial charge in [-0.2, -0.15) is 0 Å². The van der Waals surface area contributed by atoms with Gasteiger partial charge in [-0.25, -0.2) is 0 Å². The van der Waals surface area contributed by atoms with Crippen molar-refractivity contribution in [2.45, 2.75) is 53.0 Å². The van der Waals surface area contributed by atoms with Crippen LogP contribution in [0, 0.1) is 6.92 Å². The lowest BCUT2D eigenvalue weighted by Gasteiger charge is -2.21. The molecule has 1 rings (SSSR count). The van der Waals surface area contributed by atoms with E-state index in [1.54, 1.807) is 0 Å². The fourth-order valence-electron chi connectivity index (χ4n) is 2.76. The van der Waals surface area contributed by atoms with Gasteiger partial charge in [0.25, 0.3) is 0 Å². The summed E-state index contributed by atoms with van der Waals surface area (Å²) in [5.41, 5.74) is 2.58. The average Bonchev–Trinajstić information content (AvgIpc) is 2.59. The number of hydrogen-bond acceptors (Lipinski definition) is 3. The van der Waals surface area contributed by atoms with Crippen LogP contribution in [0.15, 0.2) is 23.5 Å². The molecule has 1 unspecified atom stereocenters. The summed E-state index contributed by atoms with van der Waals surface area (Å²) < 4.78 is 0. The largest absolute Gasteiger partial charge is 0.356 e. The Hall–Kier alpha value is -1.62. The number of nitrogens with zero attached hydrogens (tertiary/aromatic N) is 3. The van der Waals surface area contributed by atoms with Crippen molar-refractivity contribution in [3.8, 4) is 0 Å². The molecule has 0 aliphatic carbocycles. The third-order valence-corrected chi connectivity index (χ3v) is 4.44. The Labute approximate surface area is 148 Å². The number of nitrogens with one attached hydrogen (secondary N) is 2. The van der Waals surface area contributed by atoms with Gasteiger partial charge in [-0.3, -0.25) is 9.98 Å². The van der Waals surface area contributed by atoms with Crippen LogP contribution in [-0.4, -0.2) is 55.1 Å². The van der Waals surface area contributed by atoms with Gasteiger partial charge < -0.3 is 15.5 Å². The topological polar surface area (TPSA) is 52.5 Å². The predicted octanol–water partition coefficient (Wildman–Crippen LogP) is 2.61. The molecule has 0 saturated carbocycles. The van der Waals surface area contributed by atoms with Gasteiger partial charge >= 0.3 is 0 Å². The molecule has 0 aliphatic heterocycles. The Morgan fingerprint density at radius 3 is 2.71 bits per heavy atom. The van der Waals surface area contributed by atoms with Crippen LogP contribution in [-0.2, 0) is 6.42 Å². The minimum atomic E-state index is 0.425. The Morgan fingerprint density at radius 2 is 2.08 bits per heavy atom. The van der Waals surface area contributed by atoms with Crippen molar-refractivity contribution in [3.63, 3.8) is 0 Å². The highest BCUT2D eigenvalue weighted by Gasteiger charge is 2.06. The monoisotopic (exact) mass is 333 g/mol. The van der Waals surface area contributed by atoms with E-state index in [0.717, 1.165) is 38.4 Å². The van der Waals surface area contributed by atoms with E-state index in [-0.39, 0.29) is 0 Å². The van der Waals surface area contributed by atoms with E-state index in [2.05, 4.69) is 59.3 Å². The number of hydrogen-bond donors (Lipinski definition) is 2.